The van der Waals surface area contributed by atoms with Crippen LogP contribution in [0.4, 0.5) is 5.82 Å². The molecule has 0 aliphatic carbocycles. The van der Waals surface area contributed by atoms with Crippen LogP contribution in [0.2, 0.25) is 10.0 Å². The second-order valence-corrected chi connectivity index (χ2v) is 7.22. The Kier molecular flexibility index (Phi) is 5.23. The second-order valence-electron chi connectivity index (χ2n) is 4.41. The van der Waals surface area contributed by atoms with Gasteiger partial charge in [-0.1, -0.05) is 23.2 Å². The fourth-order valence-electron chi connectivity index (χ4n) is 1.35. The number of aryl methyl sites for hydroxylation is 1. The monoisotopic (exact) mass is 339 g/mol. The van der Waals surface area contributed by atoms with Gasteiger partial charge >= 0.3 is 0 Å². The molecule has 1 rings (SSSR count). The molecule has 0 aliphatic heterocycles. The number of hydrogen-bond donors (Lipinski definition) is 1. The first-order valence-electron chi connectivity index (χ1n) is 5.61. The van der Waals surface area contributed by atoms with Crippen LogP contribution in [0.5, 0.6) is 0 Å². The molecule has 1 aromatic rings. The molecule has 6 nitrogen and oxygen atoms in total. The van der Waals surface area contributed by atoms with E-state index >= 15 is 0 Å². The smallest absolute Gasteiger partial charge is 0.245 e. The van der Waals surface area contributed by atoms with Crippen molar-refractivity contribution in [3.05, 3.63) is 21.8 Å². The minimum atomic E-state index is -3.94. The minimum Gasteiger partial charge on any atom is -0.348 e. The fraction of sp³-hybridized carbons (Fsp3) is 0.455. The van der Waals surface area contributed by atoms with Gasteiger partial charge in [0, 0.05) is 14.1 Å². The third kappa shape index (κ3) is 3.74. The van der Waals surface area contributed by atoms with Gasteiger partial charge in [0.05, 0.1) is 15.7 Å². The van der Waals surface area contributed by atoms with E-state index in [4.69, 9.17) is 23.2 Å². The van der Waals surface area contributed by atoms with E-state index in [1.165, 1.54) is 32.0 Å². The number of carbonyl (C=O) groups is 1. The standard InChI is InChI=1S/C11H15Cl2N3O3S/c1-6-8(12)5-9(13)10(14-6)15-20(18,19)7(2)11(17)16(3)4/h5,7H,1-4H3,(H,14,15)/t7-/m1/s1. The number of amides is 1. The number of nitrogens with zero attached hydrogens (tertiary/aromatic N) is 2. The summed E-state index contributed by atoms with van der Waals surface area (Å²) in [6, 6.07) is 1.39. The molecule has 1 amide bonds. The van der Waals surface area contributed by atoms with Crippen molar-refractivity contribution in [1.82, 2.24) is 9.88 Å². The molecular formula is C11H15Cl2N3O3S. The van der Waals surface area contributed by atoms with Crippen LogP contribution in [0.1, 0.15) is 12.6 Å². The maximum atomic E-state index is 12.1. The molecule has 1 heterocycles. The number of sulfonamides is 1. The number of halogens is 2. The van der Waals surface area contributed by atoms with Gasteiger partial charge in [0.2, 0.25) is 15.9 Å². The van der Waals surface area contributed by atoms with Crippen molar-refractivity contribution >= 4 is 45.0 Å². The lowest BCUT2D eigenvalue weighted by molar-refractivity contribution is -0.127. The molecule has 0 saturated heterocycles. The summed E-state index contributed by atoms with van der Waals surface area (Å²) >= 11 is 11.7. The number of anilines is 1. The molecule has 0 saturated carbocycles. The molecule has 0 fully saturated rings. The average Bonchev–Trinajstić information content (AvgIpc) is 2.33. The maximum absolute atomic E-state index is 12.1. The first-order chi connectivity index (χ1) is 9.06. The zero-order chi connectivity index (χ0) is 15.7. The summed E-state index contributed by atoms with van der Waals surface area (Å²) in [4.78, 5) is 16.9. The molecular weight excluding hydrogens is 325 g/mol. The van der Waals surface area contributed by atoms with Crippen molar-refractivity contribution in [2.24, 2.45) is 0 Å². The van der Waals surface area contributed by atoms with Crippen LogP contribution in [0.3, 0.4) is 0 Å². The van der Waals surface area contributed by atoms with Crippen LogP contribution in [0, 0.1) is 6.92 Å². The zero-order valence-electron chi connectivity index (χ0n) is 11.4. The molecule has 0 aliphatic rings. The predicted octanol–water partition coefficient (Wildman–Crippen LogP) is 1.92. The van der Waals surface area contributed by atoms with Gasteiger partial charge in [-0.15, -0.1) is 0 Å². The Morgan fingerprint density at radius 1 is 1.35 bits per heavy atom. The number of pyridine rings is 1. The highest BCUT2D eigenvalue weighted by molar-refractivity contribution is 7.94. The highest BCUT2D eigenvalue weighted by Crippen LogP contribution is 2.26. The highest BCUT2D eigenvalue weighted by atomic mass is 35.5. The van der Waals surface area contributed by atoms with Crippen molar-refractivity contribution in [3.63, 3.8) is 0 Å². The van der Waals surface area contributed by atoms with E-state index in [2.05, 4.69) is 9.71 Å². The van der Waals surface area contributed by atoms with Crippen LogP contribution < -0.4 is 4.72 Å². The summed E-state index contributed by atoms with van der Waals surface area (Å²) in [5.74, 6) is -0.591. The summed E-state index contributed by atoms with van der Waals surface area (Å²) < 4.78 is 26.4. The number of aromatic nitrogens is 1. The first-order valence-corrected chi connectivity index (χ1v) is 7.92. The topological polar surface area (TPSA) is 79.4 Å². The summed E-state index contributed by atoms with van der Waals surface area (Å²) in [5.41, 5.74) is 0.431. The van der Waals surface area contributed by atoms with Crippen LogP contribution in [-0.4, -0.2) is 43.6 Å². The van der Waals surface area contributed by atoms with Gasteiger partial charge in [-0.2, -0.15) is 0 Å². The van der Waals surface area contributed by atoms with E-state index in [1.807, 2.05) is 0 Å². The average molecular weight is 340 g/mol. The number of rotatable bonds is 4. The van der Waals surface area contributed by atoms with Crippen molar-refractivity contribution in [2.75, 3.05) is 18.8 Å². The van der Waals surface area contributed by atoms with E-state index < -0.39 is 21.2 Å². The number of carbonyl (C=O) groups excluding carboxylic acids is 1. The Hall–Kier alpha value is -1.05. The van der Waals surface area contributed by atoms with Gasteiger partial charge in [-0.3, -0.25) is 9.52 Å². The van der Waals surface area contributed by atoms with Crippen LogP contribution in [0.15, 0.2) is 6.07 Å². The lowest BCUT2D eigenvalue weighted by Crippen LogP contribution is -2.40. The van der Waals surface area contributed by atoms with Crippen LogP contribution in [-0.2, 0) is 14.8 Å². The maximum Gasteiger partial charge on any atom is 0.245 e. The van der Waals surface area contributed by atoms with Crippen LogP contribution >= 0.6 is 23.2 Å². The molecule has 0 bridgehead atoms. The first kappa shape index (κ1) is 17.0. The molecule has 112 valence electrons. The molecule has 0 unspecified atom stereocenters. The molecule has 1 atom stereocenters. The molecule has 20 heavy (non-hydrogen) atoms. The van der Waals surface area contributed by atoms with Gasteiger partial charge < -0.3 is 4.90 Å². The Balaban J connectivity index is 3.09. The van der Waals surface area contributed by atoms with Crippen molar-refractivity contribution in [3.8, 4) is 0 Å². The SMILES string of the molecule is Cc1nc(NS(=O)(=O)[C@H](C)C(=O)N(C)C)c(Cl)cc1Cl. The minimum absolute atomic E-state index is 0.0491. The van der Waals surface area contributed by atoms with E-state index in [1.54, 1.807) is 6.92 Å². The van der Waals surface area contributed by atoms with E-state index in [0.29, 0.717) is 10.7 Å². The van der Waals surface area contributed by atoms with Crippen LogP contribution in [0.25, 0.3) is 0 Å². The van der Waals surface area contributed by atoms with E-state index in [-0.39, 0.29) is 10.8 Å². The van der Waals surface area contributed by atoms with Gasteiger partial charge in [0.25, 0.3) is 0 Å². The molecule has 1 aromatic heterocycles. The van der Waals surface area contributed by atoms with Crippen molar-refractivity contribution < 1.29 is 13.2 Å². The zero-order valence-corrected chi connectivity index (χ0v) is 13.8. The summed E-state index contributed by atoms with van der Waals surface area (Å²) in [6.45, 7) is 2.91. The molecule has 9 heteroatoms. The Labute approximate surface area is 128 Å². The van der Waals surface area contributed by atoms with E-state index in [0.717, 1.165) is 0 Å². The Morgan fingerprint density at radius 3 is 2.40 bits per heavy atom. The molecule has 1 N–H and O–H groups in total. The van der Waals surface area contributed by atoms with Crippen molar-refractivity contribution in [1.29, 1.82) is 0 Å². The van der Waals surface area contributed by atoms with Gasteiger partial charge in [0.1, 0.15) is 0 Å². The summed E-state index contributed by atoms with van der Waals surface area (Å²) in [6.07, 6.45) is 0. The largest absolute Gasteiger partial charge is 0.348 e. The predicted molar refractivity (Wildman–Crippen MR) is 79.7 cm³/mol. The fourth-order valence-corrected chi connectivity index (χ4v) is 2.89. The van der Waals surface area contributed by atoms with Gasteiger partial charge in [-0.05, 0) is 19.9 Å². The quantitative estimate of drug-likeness (QED) is 0.908. The number of nitrogens with one attached hydrogen (secondary N) is 1. The summed E-state index contributed by atoms with van der Waals surface area (Å²) in [5, 5.41) is -0.865. The van der Waals surface area contributed by atoms with Gasteiger partial charge in [-0.25, -0.2) is 13.4 Å². The van der Waals surface area contributed by atoms with Gasteiger partial charge in [0.15, 0.2) is 11.1 Å². The highest BCUT2D eigenvalue weighted by Gasteiger charge is 2.30. The summed E-state index contributed by atoms with van der Waals surface area (Å²) in [7, 11) is -0.985. The molecule has 0 spiro atoms. The molecule has 0 radical (unpaired) electrons. The van der Waals surface area contributed by atoms with Crippen molar-refractivity contribution in [2.45, 2.75) is 19.1 Å². The second kappa shape index (κ2) is 6.15. The Morgan fingerprint density at radius 2 is 1.90 bits per heavy atom. The lowest BCUT2D eigenvalue weighted by atomic mass is 10.4. The lowest BCUT2D eigenvalue weighted by Gasteiger charge is -2.18. The number of hydrogen-bond acceptors (Lipinski definition) is 4. The normalized spacial score (nSPS) is 12.9. The molecule has 0 aromatic carbocycles. The van der Waals surface area contributed by atoms with E-state index in [9.17, 15) is 13.2 Å². The third-order valence-corrected chi connectivity index (χ3v) is 4.88. The Bertz CT molecular complexity index is 632. The third-order valence-electron chi connectivity index (χ3n) is 2.60.